The fraction of sp³-hybridized carbons (Fsp3) is 0.917. The van der Waals surface area contributed by atoms with Gasteiger partial charge in [0.15, 0.2) is 0 Å². The second kappa shape index (κ2) is 10.9. The zero-order chi connectivity index (χ0) is 12.2. The highest BCUT2D eigenvalue weighted by molar-refractivity contribution is 5.67. The van der Waals surface area contributed by atoms with Crippen LogP contribution in [-0.4, -0.2) is 34.0 Å². The minimum Gasteiger partial charge on any atom is -0.481 e. The lowest BCUT2D eigenvalue weighted by Crippen LogP contribution is -2.12. The van der Waals surface area contributed by atoms with Gasteiger partial charge in [-0.05, 0) is 12.8 Å². The Balaban J connectivity index is 3.11. The first-order valence-corrected chi connectivity index (χ1v) is 6.17. The number of carbonyl (C=O) groups is 1. The number of rotatable bonds is 11. The van der Waals surface area contributed by atoms with Crippen molar-refractivity contribution in [2.24, 2.45) is 0 Å². The van der Waals surface area contributed by atoms with Crippen LogP contribution in [0.2, 0.25) is 0 Å². The van der Waals surface area contributed by atoms with Crippen LogP contribution in [0.1, 0.15) is 57.8 Å². The molecule has 3 N–H and O–H groups in total. The molecule has 0 spiro atoms. The Morgan fingerprint density at radius 1 is 0.938 bits per heavy atom. The molecule has 0 saturated carbocycles. The van der Waals surface area contributed by atoms with Crippen molar-refractivity contribution in [3.63, 3.8) is 0 Å². The van der Waals surface area contributed by atoms with E-state index in [0.29, 0.717) is 6.42 Å². The lowest BCUT2D eigenvalue weighted by atomic mass is 10.0. The van der Waals surface area contributed by atoms with Gasteiger partial charge < -0.3 is 15.3 Å². The van der Waals surface area contributed by atoms with Gasteiger partial charge in [0.2, 0.25) is 0 Å². The summed E-state index contributed by atoms with van der Waals surface area (Å²) in [6.45, 7) is 0.279. The third-order valence-electron chi connectivity index (χ3n) is 2.61. The third-order valence-corrected chi connectivity index (χ3v) is 2.61. The molecule has 0 radical (unpaired) electrons. The molecule has 0 saturated heterocycles. The average Bonchev–Trinajstić information content (AvgIpc) is 2.21. The molecule has 0 rings (SSSR count). The maximum Gasteiger partial charge on any atom is 0.305 e. The molecule has 4 heteroatoms. The molecule has 4 nitrogen and oxygen atoms in total. The number of aliphatic carboxylic acids is 1. The minimum atomic E-state index is -0.934. The molecule has 0 aromatic heterocycles. The van der Waals surface area contributed by atoms with Crippen LogP contribution in [0.15, 0.2) is 0 Å². The summed E-state index contributed by atoms with van der Waals surface area (Å²) in [6, 6.07) is 0. The number of carboxylic acids is 1. The number of aliphatic hydroxyl groups is 2. The summed E-state index contributed by atoms with van der Waals surface area (Å²) in [5.41, 5.74) is 0. The Hall–Kier alpha value is -0.610. The molecule has 0 amide bonds. The molecule has 0 aliphatic rings. The van der Waals surface area contributed by atoms with Crippen molar-refractivity contribution in [2.75, 3.05) is 6.61 Å². The number of hydrogen-bond acceptors (Lipinski definition) is 3. The minimum absolute atomic E-state index is 0.142. The van der Waals surface area contributed by atoms with Crippen molar-refractivity contribution < 1.29 is 20.1 Å². The Morgan fingerprint density at radius 2 is 1.44 bits per heavy atom. The van der Waals surface area contributed by atoms with Crippen LogP contribution in [0.5, 0.6) is 0 Å². The quantitative estimate of drug-likeness (QED) is 0.476. The second-order valence-corrected chi connectivity index (χ2v) is 4.24. The van der Waals surface area contributed by atoms with Gasteiger partial charge in [-0.15, -0.1) is 0 Å². The zero-order valence-electron chi connectivity index (χ0n) is 9.90. The smallest absolute Gasteiger partial charge is 0.305 e. The molecule has 0 aromatic carbocycles. The molecule has 96 valence electrons. The van der Waals surface area contributed by atoms with Crippen molar-refractivity contribution in [3.05, 3.63) is 0 Å². The van der Waals surface area contributed by atoms with E-state index in [4.69, 9.17) is 10.2 Å². The zero-order valence-corrected chi connectivity index (χ0v) is 9.90. The SMILES string of the molecule is O=C(O)C[C@H](O)CCCCCCCCCO. The summed E-state index contributed by atoms with van der Waals surface area (Å²) in [5.74, 6) is -0.934. The molecule has 0 aliphatic carbocycles. The molecule has 1 atom stereocenters. The molecule has 0 aliphatic heterocycles. The summed E-state index contributed by atoms with van der Waals surface area (Å²) in [4.78, 5) is 10.3. The lowest BCUT2D eigenvalue weighted by molar-refractivity contribution is -0.139. The predicted molar refractivity (Wildman–Crippen MR) is 62.3 cm³/mol. The summed E-state index contributed by atoms with van der Waals surface area (Å²) >= 11 is 0. The maximum atomic E-state index is 10.3. The van der Waals surface area contributed by atoms with Gasteiger partial charge in [-0.25, -0.2) is 0 Å². The largest absolute Gasteiger partial charge is 0.481 e. The van der Waals surface area contributed by atoms with E-state index in [9.17, 15) is 9.90 Å². The molecule has 0 fully saturated rings. The molecule has 16 heavy (non-hydrogen) atoms. The van der Waals surface area contributed by atoms with Gasteiger partial charge >= 0.3 is 5.97 Å². The van der Waals surface area contributed by atoms with Crippen LogP contribution in [0.25, 0.3) is 0 Å². The molecule has 0 heterocycles. The van der Waals surface area contributed by atoms with Gasteiger partial charge in [0, 0.05) is 6.61 Å². The van der Waals surface area contributed by atoms with E-state index in [-0.39, 0.29) is 13.0 Å². The van der Waals surface area contributed by atoms with E-state index in [0.717, 1.165) is 44.9 Å². The van der Waals surface area contributed by atoms with Gasteiger partial charge in [0.1, 0.15) is 0 Å². The van der Waals surface area contributed by atoms with E-state index in [1.807, 2.05) is 0 Å². The standard InChI is InChI=1S/C12H24O4/c13-9-7-5-3-1-2-4-6-8-11(14)10-12(15)16/h11,13-14H,1-10H2,(H,15,16)/t11-/m1/s1. The van der Waals surface area contributed by atoms with Gasteiger partial charge in [0.05, 0.1) is 12.5 Å². The van der Waals surface area contributed by atoms with Crippen molar-refractivity contribution in [1.29, 1.82) is 0 Å². The normalized spacial score (nSPS) is 12.6. The predicted octanol–water partition coefficient (Wildman–Crippen LogP) is 1.94. The van der Waals surface area contributed by atoms with E-state index in [2.05, 4.69) is 0 Å². The fourth-order valence-electron chi connectivity index (χ4n) is 1.68. The van der Waals surface area contributed by atoms with Crippen molar-refractivity contribution in [3.8, 4) is 0 Å². The van der Waals surface area contributed by atoms with Crippen LogP contribution in [0.4, 0.5) is 0 Å². The van der Waals surface area contributed by atoms with E-state index in [1.54, 1.807) is 0 Å². The number of unbranched alkanes of at least 4 members (excludes halogenated alkanes) is 6. The number of hydrogen-bond donors (Lipinski definition) is 3. The first-order chi connectivity index (χ1) is 7.66. The average molecular weight is 232 g/mol. The van der Waals surface area contributed by atoms with E-state index >= 15 is 0 Å². The van der Waals surface area contributed by atoms with Gasteiger partial charge in [0.25, 0.3) is 0 Å². The summed E-state index contributed by atoms with van der Waals surface area (Å²) in [6.07, 6.45) is 7.12. The highest BCUT2D eigenvalue weighted by Crippen LogP contribution is 2.10. The molecular formula is C12H24O4. The first kappa shape index (κ1) is 15.4. The van der Waals surface area contributed by atoms with E-state index in [1.165, 1.54) is 0 Å². The van der Waals surface area contributed by atoms with Gasteiger partial charge in [-0.3, -0.25) is 4.79 Å². The van der Waals surface area contributed by atoms with Crippen LogP contribution >= 0.6 is 0 Å². The van der Waals surface area contributed by atoms with Crippen molar-refractivity contribution in [2.45, 2.75) is 63.9 Å². The summed E-state index contributed by atoms with van der Waals surface area (Å²) < 4.78 is 0. The van der Waals surface area contributed by atoms with Crippen LogP contribution < -0.4 is 0 Å². The molecule has 0 bridgehead atoms. The maximum absolute atomic E-state index is 10.3. The van der Waals surface area contributed by atoms with Gasteiger partial charge in [-0.1, -0.05) is 38.5 Å². The van der Waals surface area contributed by atoms with Crippen molar-refractivity contribution in [1.82, 2.24) is 0 Å². The molecular weight excluding hydrogens is 208 g/mol. The van der Waals surface area contributed by atoms with Gasteiger partial charge in [-0.2, -0.15) is 0 Å². The monoisotopic (exact) mass is 232 g/mol. The highest BCUT2D eigenvalue weighted by atomic mass is 16.4. The topological polar surface area (TPSA) is 77.8 Å². The fourth-order valence-corrected chi connectivity index (χ4v) is 1.68. The summed E-state index contributed by atoms with van der Waals surface area (Å²) in [7, 11) is 0. The van der Waals surface area contributed by atoms with Crippen LogP contribution in [0, 0.1) is 0 Å². The van der Waals surface area contributed by atoms with E-state index < -0.39 is 12.1 Å². The molecule has 0 aromatic rings. The third kappa shape index (κ3) is 11.5. The van der Waals surface area contributed by atoms with Crippen LogP contribution in [-0.2, 0) is 4.79 Å². The second-order valence-electron chi connectivity index (χ2n) is 4.24. The number of aliphatic hydroxyl groups excluding tert-OH is 2. The Kier molecular flexibility index (Phi) is 10.5. The number of carboxylic acid groups (broad SMARTS) is 1. The Bertz CT molecular complexity index is 170. The Morgan fingerprint density at radius 3 is 1.94 bits per heavy atom. The molecule has 0 unspecified atom stereocenters. The van der Waals surface area contributed by atoms with Crippen molar-refractivity contribution >= 4 is 5.97 Å². The first-order valence-electron chi connectivity index (χ1n) is 6.17. The van der Waals surface area contributed by atoms with Crippen LogP contribution in [0.3, 0.4) is 0 Å². The highest BCUT2D eigenvalue weighted by Gasteiger charge is 2.08. The lowest BCUT2D eigenvalue weighted by Gasteiger charge is -2.07. The summed E-state index contributed by atoms with van der Waals surface area (Å²) in [5, 5.41) is 26.3. The Labute approximate surface area is 97.3 Å².